The largest absolute Gasteiger partial charge is 0.462 e. The van der Waals surface area contributed by atoms with Crippen LogP contribution in [0.15, 0.2) is 12.2 Å². The first-order chi connectivity index (χ1) is 6.81. The van der Waals surface area contributed by atoms with Crippen LogP contribution in [0, 0.1) is 11.8 Å². The van der Waals surface area contributed by atoms with Crippen LogP contribution in [-0.4, -0.2) is 12.1 Å². The topological polar surface area (TPSA) is 26.3 Å². The summed E-state index contributed by atoms with van der Waals surface area (Å²) in [6, 6.07) is 0. The minimum atomic E-state index is 0.0215. The average Bonchev–Trinajstić information content (AvgIpc) is 2.42. The van der Waals surface area contributed by atoms with Crippen molar-refractivity contribution in [1.29, 1.82) is 0 Å². The highest BCUT2D eigenvalue weighted by atomic mass is 16.5. The summed E-state index contributed by atoms with van der Waals surface area (Å²) in [6.07, 6.45) is 9.79. The second-order valence-corrected chi connectivity index (χ2v) is 4.35. The SMILES string of the molecule is CC/C=C/CC1C2CCC1OC(=O)C2. The normalized spacial score (nSPS) is 36.4. The number of fused-ring (bicyclic) bond motifs is 2. The van der Waals surface area contributed by atoms with Crippen LogP contribution in [0.4, 0.5) is 0 Å². The maximum Gasteiger partial charge on any atom is 0.306 e. The van der Waals surface area contributed by atoms with E-state index in [4.69, 9.17) is 4.74 Å². The lowest BCUT2D eigenvalue weighted by molar-refractivity contribution is -0.157. The number of carbonyl (C=O) groups excluding carboxylic acids is 1. The van der Waals surface area contributed by atoms with E-state index >= 15 is 0 Å². The Morgan fingerprint density at radius 2 is 2.29 bits per heavy atom. The monoisotopic (exact) mass is 194 g/mol. The summed E-state index contributed by atoms with van der Waals surface area (Å²) in [4.78, 5) is 11.2. The Hall–Kier alpha value is -0.790. The highest BCUT2D eigenvalue weighted by Crippen LogP contribution is 2.42. The van der Waals surface area contributed by atoms with Gasteiger partial charge >= 0.3 is 5.97 Å². The maximum atomic E-state index is 11.2. The van der Waals surface area contributed by atoms with Crippen molar-refractivity contribution in [1.82, 2.24) is 0 Å². The molecule has 1 aliphatic carbocycles. The molecule has 0 N–H and O–H groups in total. The van der Waals surface area contributed by atoms with E-state index in [0.717, 1.165) is 19.3 Å². The summed E-state index contributed by atoms with van der Waals surface area (Å²) < 4.78 is 5.35. The van der Waals surface area contributed by atoms with Crippen LogP contribution in [0.3, 0.4) is 0 Å². The minimum absolute atomic E-state index is 0.0215. The quantitative estimate of drug-likeness (QED) is 0.510. The van der Waals surface area contributed by atoms with E-state index in [1.165, 1.54) is 6.42 Å². The molecule has 3 atom stereocenters. The summed E-state index contributed by atoms with van der Waals surface area (Å²) in [5, 5.41) is 0. The van der Waals surface area contributed by atoms with Gasteiger partial charge in [0, 0.05) is 12.3 Å². The predicted molar refractivity (Wildman–Crippen MR) is 54.8 cm³/mol. The van der Waals surface area contributed by atoms with E-state index in [0.29, 0.717) is 18.3 Å². The van der Waals surface area contributed by atoms with Gasteiger partial charge in [0.25, 0.3) is 0 Å². The minimum Gasteiger partial charge on any atom is -0.462 e. The molecule has 2 nitrogen and oxygen atoms in total. The van der Waals surface area contributed by atoms with E-state index in [9.17, 15) is 4.79 Å². The lowest BCUT2D eigenvalue weighted by Crippen LogP contribution is -2.31. The van der Waals surface area contributed by atoms with Crippen molar-refractivity contribution in [2.75, 3.05) is 0 Å². The first-order valence-electron chi connectivity index (χ1n) is 5.65. The Bertz CT molecular complexity index is 229. The molecule has 78 valence electrons. The van der Waals surface area contributed by atoms with Crippen molar-refractivity contribution >= 4 is 5.97 Å². The first kappa shape index (κ1) is 9.75. The predicted octanol–water partition coefficient (Wildman–Crippen LogP) is 2.68. The number of hydrogen-bond acceptors (Lipinski definition) is 2. The third-order valence-corrected chi connectivity index (χ3v) is 3.43. The van der Waals surface area contributed by atoms with Gasteiger partial charge < -0.3 is 4.74 Å². The fourth-order valence-corrected chi connectivity index (χ4v) is 2.71. The zero-order chi connectivity index (χ0) is 9.97. The Kier molecular flexibility index (Phi) is 2.90. The molecule has 2 heteroatoms. The van der Waals surface area contributed by atoms with Crippen LogP contribution in [0.2, 0.25) is 0 Å². The van der Waals surface area contributed by atoms with Gasteiger partial charge in [-0.15, -0.1) is 0 Å². The van der Waals surface area contributed by atoms with Crippen molar-refractivity contribution in [3.8, 4) is 0 Å². The molecule has 1 aliphatic heterocycles. The number of rotatable bonds is 3. The zero-order valence-electron chi connectivity index (χ0n) is 8.74. The third-order valence-electron chi connectivity index (χ3n) is 3.43. The summed E-state index contributed by atoms with van der Waals surface area (Å²) in [7, 11) is 0. The van der Waals surface area contributed by atoms with Gasteiger partial charge in [0.05, 0.1) is 0 Å². The fourth-order valence-electron chi connectivity index (χ4n) is 2.71. The highest BCUT2D eigenvalue weighted by molar-refractivity contribution is 5.71. The van der Waals surface area contributed by atoms with Gasteiger partial charge in [-0.1, -0.05) is 19.1 Å². The van der Waals surface area contributed by atoms with Crippen molar-refractivity contribution in [2.24, 2.45) is 11.8 Å². The van der Waals surface area contributed by atoms with Gasteiger partial charge in [0.2, 0.25) is 0 Å². The van der Waals surface area contributed by atoms with Crippen molar-refractivity contribution in [3.05, 3.63) is 12.2 Å². The van der Waals surface area contributed by atoms with E-state index in [2.05, 4.69) is 19.1 Å². The van der Waals surface area contributed by atoms with Crippen LogP contribution in [-0.2, 0) is 9.53 Å². The highest BCUT2D eigenvalue weighted by Gasteiger charge is 2.42. The van der Waals surface area contributed by atoms with Crippen LogP contribution >= 0.6 is 0 Å². The molecule has 0 aromatic heterocycles. The van der Waals surface area contributed by atoms with Gasteiger partial charge in [-0.25, -0.2) is 0 Å². The van der Waals surface area contributed by atoms with E-state index in [1.807, 2.05) is 0 Å². The molecule has 1 saturated carbocycles. The smallest absolute Gasteiger partial charge is 0.306 e. The molecule has 3 unspecified atom stereocenters. The standard InChI is InChI=1S/C12H18O2/c1-2-3-4-5-10-9-6-7-11(10)14-12(13)8-9/h3-4,9-11H,2,5-8H2,1H3/b4-3+. The summed E-state index contributed by atoms with van der Waals surface area (Å²) >= 11 is 0. The lowest BCUT2D eigenvalue weighted by atomic mass is 9.87. The molecule has 1 heterocycles. The molecule has 0 amide bonds. The molecule has 0 aromatic carbocycles. The van der Waals surface area contributed by atoms with Gasteiger partial charge in [0.15, 0.2) is 0 Å². The van der Waals surface area contributed by atoms with Gasteiger partial charge in [-0.3, -0.25) is 4.79 Å². The molecule has 0 aromatic rings. The average molecular weight is 194 g/mol. The van der Waals surface area contributed by atoms with Gasteiger partial charge in [-0.2, -0.15) is 0 Å². The van der Waals surface area contributed by atoms with Crippen LogP contribution in [0.1, 0.15) is 39.0 Å². The van der Waals surface area contributed by atoms with E-state index in [1.54, 1.807) is 0 Å². The molecule has 2 aliphatic rings. The van der Waals surface area contributed by atoms with Crippen molar-refractivity contribution in [2.45, 2.75) is 45.1 Å². The van der Waals surface area contributed by atoms with Crippen molar-refractivity contribution in [3.63, 3.8) is 0 Å². The zero-order valence-corrected chi connectivity index (χ0v) is 8.74. The van der Waals surface area contributed by atoms with Crippen LogP contribution in [0.25, 0.3) is 0 Å². The Labute approximate surface area is 85.3 Å². The Morgan fingerprint density at radius 1 is 1.43 bits per heavy atom. The fraction of sp³-hybridized carbons (Fsp3) is 0.750. The maximum absolute atomic E-state index is 11.2. The van der Waals surface area contributed by atoms with E-state index in [-0.39, 0.29) is 12.1 Å². The molecule has 0 spiro atoms. The Morgan fingerprint density at radius 3 is 3.00 bits per heavy atom. The molecular formula is C12H18O2. The summed E-state index contributed by atoms with van der Waals surface area (Å²) in [5.41, 5.74) is 0. The van der Waals surface area contributed by atoms with Crippen molar-refractivity contribution < 1.29 is 9.53 Å². The van der Waals surface area contributed by atoms with Crippen LogP contribution < -0.4 is 0 Å². The number of carbonyl (C=O) groups is 1. The number of ether oxygens (including phenoxy) is 1. The number of esters is 1. The second kappa shape index (κ2) is 4.16. The van der Waals surface area contributed by atoms with Gasteiger partial charge in [0.1, 0.15) is 6.10 Å². The third kappa shape index (κ3) is 1.84. The Balaban J connectivity index is 1.94. The molecular weight excluding hydrogens is 176 g/mol. The number of allylic oxidation sites excluding steroid dienone is 2. The first-order valence-corrected chi connectivity index (χ1v) is 5.65. The molecule has 1 saturated heterocycles. The molecule has 2 rings (SSSR count). The second-order valence-electron chi connectivity index (χ2n) is 4.35. The van der Waals surface area contributed by atoms with Crippen LogP contribution in [0.5, 0.6) is 0 Å². The summed E-state index contributed by atoms with van der Waals surface area (Å²) in [6.45, 7) is 2.14. The van der Waals surface area contributed by atoms with E-state index < -0.39 is 0 Å². The number of hydrogen-bond donors (Lipinski definition) is 0. The summed E-state index contributed by atoms with van der Waals surface area (Å²) in [5.74, 6) is 1.23. The van der Waals surface area contributed by atoms with Gasteiger partial charge in [-0.05, 0) is 31.6 Å². The molecule has 0 radical (unpaired) electrons. The molecule has 2 bridgehead atoms. The molecule has 2 fully saturated rings. The molecule has 14 heavy (non-hydrogen) atoms. The lowest BCUT2D eigenvalue weighted by Gasteiger charge is -2.28.